The second-order valence-corrected chi connectivity index (χ2v) is 8.15. The molecule has 0 bridgehead atoms. The minimum atomic E-state index is -0.228. The molecule has 0 fully saturated rings. The zero-order valence-corrected chi connectivity index (χ0v) is 18.1. The van der Waals surface area contributed by atoms with Gasteiger partial charge in [0.05, 0.1) is 18.6 Å². The summed E-state index contributed by atoms with van der Waals surface area (Å²) < 4.78 is 6.87. The van der Waals surface area contributed by atoms with Crippen molar-refractivity contribution in [1.82, 2.24) is 14.5 Å². The fourth-order valence-corrected chi connectivity index (χ4v) is 4.55. The Kier molecular flexibility index (Phi) is 5.25. The molecule has 0 aliphatic heterocycles. The van der Waals surface area contributed by atoms with Crippen molar-refractivity contribution in [2.45, 2.75) is 5.16 Å². The lowest BCUT2D eigenvalue weighted by atomic mass is 10.2. The van der Waals surface area contributed by atoms with Crippen LogP contribution >= 0.6 is 11.8 Å². The number of nitrogens with zero attached hydrogens (tertiary/aromatic N) is 2. The maximum Gasteiger partial charge on any atom is 0.283 e. The van der Waals surface area contributed by atoms with Crippen LogP contribution in [0.15, 0.2) is 88.8 Å². The van der Waals surface area contributed by atoms with Crippen molar-refractivity contribution in [2.75, 3.05) is 12.9 Å². The molecule has 5 aromatic rings. The molecule has 2 heterocycles. The molecular formula is C25H19N3O3S. The molecule has 158 valence electrons. The summed E-state index contributed by atoms with van der Waals surface area (Å²) in [5, 5.41) is 1.32. The Hall–Kier alpha value is -3.84. The molecule has 0 aliphatic carbocycles. The van der Waals surface area contributed by atoms with E-state index in [9.17, 15) is 9.59 Å². The van der Waals surface area contributed by atoms with Gasteiger partial charge in [0, 0.05) is 22.5 Å². The molecule has 6 nitrogen and oxygen atoms in total. The predicted molar refractivity (Wildman–Crippen MR) is 127 cm³/mol. The maximum atomic E-state index is 13.6. The third-order valence-corrected chi connectivity index (χ3v) is 6.17. The summed E-state index contributed by atoms with van der Waals surface area (Å²) in [4.78, 5) is 34.3. The van der Waals surface area contributed by atoms with E-state index in [1.165, 1.54) is 16.3 Å². The maximum absolute atomic E-state index is 13.6. The third-order valence-electron chi connectivity index (χ3n) is 5.23. The average molecular weight is 442 g/mol. The number of fused-ring (bicyclic) bond motifs is 3. The summed E-state index contributed by atoms with van der Waals surface area (Å²) >= 11 is 1.25. The molecule has 0 spiro atoms. The highest BCUT2D eigenvalue weighted by molar-refractivity contribution is 7.99. The number of aromatic amines is 1. The number of carbonyl (C=O) groups excluding carboxylic acids is 1. The summed E-state index contributed by atoms with van der Waals surface area (Å²) in [7, 11) is 1.58. The van der Waals surface area contributed by atoms with Crippen molar-refractivity contribution in [3.8, 4) is 11.4 Å². The first-order valence-electron chi connectivity index (χ1n) is 10.0. The van der Waals surface area contributed by atoms with Gasteiger partial charge in [-0.25, -0.2) is 4.98 Å². The van der Waals surface area contributed by atoms with Gasteiger partial charge in [0.25, 0.3) is 5.56 Å². The summed E-state index contributed by atoms with van der Waals surface area (Å²) in [6.07, 6.45) is 0. The Morgan fingerprint density at radius 3 is 2.62 bits per heavy atom. The number of benzene rings is 3. The molecule has 0 atom stereocenters. The lowest BCUT2D eigenvalue weighted by Gasteiger charge is -2.13. The van der Waals surface area contributed by atoms with Crippen LogP contribution in [0.25, 0.3) is 27.6 Å². The van der Waals surface area contributed by atoms with E-state index in [4.69, 9.17) is 9.72 Å². The summed E-state index contributed by atoms with van der Waals surface area (Å²) in [6.45, 7) is 0. The smallest absolute Gasteiger partial charge is 0.283 e. The summed E-state index contributed by atoms with van der Waals surface area (Å²) in [5.74, 6) is 0.761. The molecule has 1 N–H and O–H groups in total. The molecule has 0 aliphatic rings. The molecule has 0 amide bonds. The topological polar surface area (TPSA) is 77.0 Å². The number of para-hydroxylation sites is 1. The van der Waals surface area contributed by atoms with E-state index in [1.807, 2.05) is 60.7 Å². The number of hydrogen-bond acceptors (Lipinski definition) is 5. The Bertz CT molecular complexity index is 1510. The first-order chi connectivity index (χ1) is 15.7. The van der Waals surface area contributed by atoms with E-state index in [0.29, 0.717) is 33.2 Å². The van der Waals surface area contributed by atoms with Crippen molar-refractivity contribution in [3.63, 3.8) is 0 Å². The number of carbonyl (C=O) groups is 1. The number of Topliss-reactive ketones (excluding diaryl/α,β-unsaturated/α-hetero) is 1. The zero-order valence-electron chi connectivity index (χ0n) is 17.2. The van der Waals surface area contributed by atoms with Crippen LogP contribution in [-0.4, -0.2) is 33.2 Å². The van der Waals surface area contributed by atoms with Crippen LogP contribution in [0.1, 0.15) is 10.4 Å². The minimum absolute atomic E-state index is 0.0268. The van der Waals surface area contributed by atoms with E-state index in [0.717, 1.165) is 10.9 Å². The van der Waals surface area contributed by atoms with Crippen LogP contribution < -0.4 is 10.3 Å². The fourth-order valence-electron chi connectivity index (χ4n) is 3.65. The Morgan fingerprint density at radius 1 is 1.03 bits per heavy atom. The summed E-state index contributed by atoms with van der Waals surface area (Å²) in [6, 6.07) is 24.0. The second-order valence-electron chi connectivity index (χ2n) is 7.21. The SMILES string of the molecule is COc1cccc(-n2c(SCC(=O)c3ccccc3)nc3c([nH]c4ccccc43)c2=O)c1. The van der Waals surface area contributed by atoms with Crippen LogP contribution in [0.5, 0.6) is 5.75 Å². The predicted octanol–water partition coefficient (Wildman–Crippen LogP) is 4.85. The van der Waals surface area contributed by atoms with Gasteiger partial charge in [-0.1, -0.05) is 66.4 Å². The van der Waals surface area contributed by atoms with Crippen LogP contribution in [0.4, 0.5) is 0 Å². The molecule has 3 aromatic carbocycles. The number of ketones is 1. The van der Waals surface area contributed by atoms with Crippen molar-refractivity contribution in [1.29, 1.82) is 0 Å². The average Bonchev–Trinajstić information content (AvgIpc) is 3.22. The van der Waals surface area contributed by atoms with Gasteiger partial charge in [-0.15, -0.1) is 0 Å². The second kappa shape index (κ2) is 8.36. The number of ether oxygens (including phenoxy) is 1. The van der Waals surface area contributed by atoms with E-state index in [-0.39, 0.29) is 17.1 Å². The van der Waals surface area contributed by atoms with E-state index < -0.39 is 0 Å². The number of hydrogen-bond donors (Lipinski definition) is 1. The van der Waals surface area contributed by atoms with E-state index in [1.54, 1.807) is 25.3 Å². The minimum Gasteiger partial charge on any atom is -0.497 e. The highest BCUT2D eigenvalue weighted by atomic mass is 32.2. The van der Waals surface area contributed by atoms with Crippen molar-refractivity contribution in [3.05, 3.63) is 94.8 Å². The zero-order chi connectivity index (χ0) is 22.1. The molecule has 7 heteroatoms. The van der Waals surface area contributed by atoms with Crippen LogP contribution in [0.2, 0.25) is 0 Å². The fraction of sp³-hybridized carbons (Fsp3) is 0.0800. The van der Waals surface area contributed by atoms with Gasteiger partial charge in [0.2, 0.25) is 0 Å². The molecule has 5 rings (SSSR count). The van der Waals surface area contributed by atoms with Gasteiger partial charge < -0.3 is 9.72 Å². The van der Waals surface area contributed by atoms with Gasteiger partial charge in [0.1, 0.15) is 16.8 Å². The first kappa shape index (κ1) is 20.1. The Balaban J connectivity index is 1.67. The van der Waals surface area contributed by atoms with Crippen LogP contribution in [0.3, 0.4) is 0 Å². The quantitative estimate of drug-likeness (QED) is 0.232. The summed E-state index contributed by atoms with van der Waals surface area (Å²) in [5.41, 5.74) is 2.88. The molecular weight excluding hydrogens is 422 g/mol. The molecule has 0 saturated carbocycles. The van der Waals surface area contributed by atoms with E-state index >= 15 is 0 Å². The Morgan fingerprint density at radius 2 is 1.81 bits per heavy atom. The number of aromatic nitrogens is 3. The highest BCUT2D eigenvalue weighted by Gasteiger charge is 2.18. The van der Waals surface area contributed by atoms with Gasteiger partial charge >= 0.3 is 0 Å². The molecule has 32 heavy (non-hydrogen) atoms. The van der Waals surface area contributed by atoms with Gasteiger partial charge in [0.15, 0.2) is 10.9 Å². The van der Waals surface area contributed by atoms with Gasteiger partial charge in [-0.3, -0.25) is 14.2 Å². The van der Waals surface area contributed by atoms with Crippen LogP contribution in [0, 0.1) is 0 Å². The molecule has 0 unspecified atom stereocenters. The molecule has 0 radical (unpaired) electrons. The normalized spacial score (nSPS) is 11.2. The van der Waals surface area contributed by atoms with Crippen molar-refractivity contribution >= 4 is 39.5 Å². The number of thioether (sulfide) groups is 1. The van der Waals surface area contributed by atoms with Crippen molar-refractivity contribution < 1.29 is 9.53 Å². The lowest BCUT2D eigenvalue weighted by Crippen LogP contribution is -2.22. The van der Waals surface area contributed by atoms with Crippen molar-refractivity contribution in [2.24, 2.45) is 0 Å². The third kappa shape index (κ3) is 3.56. The molecule has 2 aromatic heterocycles. The van der Waals surface area contributed by atoms with Gasteiger partial charge in [-0.2, -0.15) is 0 Å². The number of rotatable bonds is 6. The van der Waals surface area contributed by atoms with Crippen LogP contribution in [-0.2, 0) is 0 Å². The van der Waals surface area contributed by atoms with Gasteiger partial charge in [-0.05, 0) is 18.2 Å². The highest BCUT2D eigenvalue weighted by Crippen LogP contribution is 2.27. The first-order valence-corrected chi connectivity index (χ1v) is 11.0. The largest absolute Gasteiger partial charge is 0.497 e. The van der Waals surface area contributed by atoms with E-state index in [2.05, 4.69) is 4.98 Å². The standard InChI is InChI=1S/C25H19N3O3S/c1-31-18-11-7-10-17(14-18)28-24(30)23-22(19-12-5-6-13-20(19)26-23)27-25(28)32-15-21(29)16-8-3-2-4-9-16/h2-14,26H,15H2,1H3. The number of methoxy groups -OCH3 is 1. The molecule has 0 saturated heterocycles. The lowest BCUT2D eigenvalue weighted by molar-refractivity contribution is 0.102. The Labute approximate surface area is 187 Å². The monoisotopic (exact) mass is 441 g/mol. The number of H-pyrrole nitrogens is 1. The number of nitrogens with one attached hydrogen (secondary N) is 1.